The molecule has 0 N–H and O–H groups in total. The van der Waals surface area contributed by atoms with Crippen molar-refractivity contribution in [1.82, 2.24) is 4.90 Å². The molecule has 0 atom stereocenters. The molecule has 0 bridgehead atoms. The van der Waals surface area contributed by atoms with Crippen LogP contribution in [-0.4, -0.2) is 35.8 Å². The zero-order valence-electron chi connectivity index (χ0n) is 16.5. The summed E-state index contributed by atoms with van der Waals surface area (Å²) in [6.07, 6.45) is 4.60. The largest absolute Gasteiger partial charge is 0.306 e. The Morgan fingerprint density at radius 1 is 1.23 bits per heavy atom. The standard InChI is InChI=1S/C21H30Cl2N2S/c1-15(21(3,4)18-6-7-19(22)20(23)12-18)13-24-16(2)26-14-17-8-10-25(5)11-9-17/h6-7,12-13,17H,8-11,14H2,1-5H3/b15-13+,24-16?. The zero-order valence-corrected chi connectivity index (χ0v) is 18.8. The maximum absolute atomic E-state index is 6.19. The Kier molecular flexibility index (Phi) is 8.08. The molecule has 0 radical (unpaired) electrons. The molecule has 144 valence electrons. The van der Waals surface area contributed by atoms with Gasteiger partial charge in [-0.2, -0.15) is 0 Å². The molecule has 2 rings (SSSR count). The molecule has 5 heteroatoms. The SMILES string of the molecule is CC(=N/C=C(\C)C(C)(C)c1ccc(Cl)c(Cl)c1)SCC1CCN(C)CC1. The fourth-order valence-electron chi connectivity index (χ4n) is 2.97. The number of allylic oxidation sites excluding steroid dienone is 1. The molecular weight excluding hydrogens is 383 g/mol. The summed E-state index contributed by atoms with van der Waals surface area (Å²) in [6.45, 7) is 11.1. The topological polar surface area (TPSA) is 15.6 Å². The van der Waals surface area contributed by atoms with Gasteiger partial charge >= 0.3 is 0 Å². The molecule has 26 heavy (non-hydrogen) atoms. The second kappa shape index (κ2) is 9.64. The minimum atomic E-state index is -0.142. The van der Waals surface area contributed by atoms with Crippen molar-refractivity contribution in [2.24, 2.45) is 10.9 Å². The molecule has 0 amide bonds. The fourth-order valence-corrected chi connectivity index (χ4v) is 4.20. The van der Waals surface area contributed by atoms with Crippen LogP contribution in [-0.2, 0) is 5.41 Å². The average Bonchev–Trinajstić information content (AvgIpc) is 2.61. The van der Waals surface area contributed by atoms with Crippen molar-refractivity contribution in [3.05, 3.63) is 45.6 Å². The van der Waals surface area contributed by atoms with Crippen LogP contribution in [0.25, 0.3) is 0 Å². The van der Waals surface area contributed by atoms with E-state index < -0.39 is 0 Å². The number of thioether (sulfide) groups is 1. The Hall–Kier alpha value is -0.480. The summed E-state index contributed by atoms with van der Waals surface area (Å²) in [5, 5.41) is 2.32. The van der Waals surface area contributed by atoms with E-state index in [1.54, 1.807) is 0 Å². The number of piperidine rings is 1. The Morgan fingerprint density at radius 3 is 2.50 bits per heavy atom. The lowest BCUT2D eigenvalue weighted by molar-refractivity contribution is 0.232. The van der Waals surface area contributed by atoms with Crippen LogP contribution >= 0.6 is 35.0 Å². The first-order valence-electron chi connectivity index (χ1n) is 9.18. The molecule has 2 nitrogen and oxygen atoms in total. The van der Waals surface area contributed by atoms with Crippen molar-refractivity contribution in [1.29, 1.82) is 0 Å². The zero-order chi connectivity index (χ0) is 19.3. The molecule has 1 saturated heterocycles. The van der Waals surface area contributed by atoms with Gasteiger partial charge in [0.2, 0.25) is 0 Å². The summed E-state index contributed by atoms with van der Waals surface area (Å²) in [4.78, 5) is 7.12. The van der Waals surface area contributed by atoms with Gasteiger partial charge in [-0.3, -0.25) is 4.99 Å². The van der Waals surface area contributed by atoms with Gasteiger partial charge in [-0.05, 0) is 76.0 Å². The highest BCUT2D eigenvalue weighted by molar-refractivity contribution is 8.13. The normalized spacial score (nSPS) is 18.4. The number of hydrogen-bond donors (Lipinski definition) is 0. The van der Waals surface area contributed by atoms with Crippen LogP contribution in [0.15, 0.2) is 35.0 Å². The van der Waals surface area contributed by atoms with E-state index in [1.807, 2.05) is 36.2 Å². The predicted molar refractivity (Wildman–Crippen MR) is 119 cm³/mol. The molecule has 0 unspecified atom stereocenters. The van der Waals surface area contributed by atoms with Gasteiger partial charge in [-0.25, -0.2) is 0 Å². The number of hydrogen-bond acceptors (Lipinski definition) is 3. The van der Waals surface area contributed by atoms with Crippen LogP contribution < -0.4 is 0 Å². The van der Waals surface area contributed by atoms with Crippen molar-refractivity contribution >= 4 is 40.0 Å². The number of rotatable bonds is 5. The van der Waals surface area contributed by atoms with E-state index >= 15 is 0 Å². The lowest BCUT2D eigenvalue weighted by Crippen LogP contribution is -2.31. The maximum Gasteiger partial charge on any atom is 0.0700 e. The van der Waals surface area contributed by atoms with Gasteiger partial charge in [0.1, 0.15) is 0 Å². The predicted octanol–water partition coefficient (Wildman–Crippen LogP) is 6.67. The lowest BCUT2D eigenvalue weighted by atomic mass is 9.79. The first-order valence-corrected chi connectivity index (χ1v) is 10.9. The molecule has 0 saturated carbocycles. The summed E-state index contributed by atoms with van der Waals surface area (Å²) in [5.74, 6) is 1.99. The first kappa shape index (κ1) is 21.8. The van der Waals surface area contributed by atoms with E-state index in [0.717, 1.165) is 16.5 Å². The molecule has 1 fully saturated rings. The number of benzene rings is 1. The molecule has 1 aromatic rings. The van der Waals surface area contributed by atoms with E-state index in [0.29, 0.717) is 10.0 Å². The molecule has 1 heterocycles. The number of likely N-dealkylation sites (tertiary alicyclic amines) is 1. The van der Waals surface area contributed by atoms with Crippen molar-refractivity contribution in [2.45, 2.75) is 46.0 Å². The first-order chi connectivity index (χ1) is 12.2. The summed E-state index contributed by atoms with van der Waals surface area (Å²) in [5.41, 5.74) is 2.21. The second-order valence-corrected chi connectivity index (χ2v) is 9.80. The third-order valence-corrected chi connectivity index (χ3v) is 7.33. The van der Waals surface area contributed by atoms with Crippen molar-refractivity contribution in [3.63, 3.8) is 0 Å². The Labute approximate surface area is 173 Å². The molecular formula is C21H30Cl2N2S. The molecule has 0 aromatic heterocycles. The Morgan fingerprint density at radius 2 is 1.88 bits per heavy atom. The van der Waals surface area contributed by atoms with Gasteiger partial charge in [0, 0.05) is 17.4 Å². The van der Waals surface area contributed by atoms with Gasteiger partial charge < -0.3 is 4.90 Å². The summed E-state index contributed by atoms with van der Waals surface area (Å²) < 4.78 is 0. The van der Waals surface area contributed by atoms with Gasteiger partial charge in [0.15, 0.2) is 0 Å². The van der Waals surface area contributed by atoms with Gasteiger partial charge in [0.25, 0.3) is 0 Å². The minimum Gasteiger partial charge on any atom is -0.306 e. The van der Waals surface area contributed by atoms with Crippen molar-refractivity contribution in [3.8, 4) is 0 Å². The summed E-state index contributed by atoms with van der Waals surface area (Å²) in [7, 11) is 2.21. The van der Waals surface area contributed by atoms with Gasteiger partial charge in [0.05, 0.1) is 15.1 Å². The van der Waals surface area contributed by atoms with Crippen LogP contribution in [0, 0.1) is 5.92 Å². The van der Waals surface area contributed by atoms with Crippen LogP contribution in [0.2, 0.25) is 10.0 Å². The van der Waals surface area contributed by atoms with E-state index in [9.17, 15) is 0 Å². The molecule has 1 aliphatic heterocycles. The maximum atomic E-state index is 6.19. The van der Waals surface area contributed by atoms with Crippen LogP contribution in [0.3, 0.4) is 0 Å². The third-order valence-electron chi connectivity index (χ3n) is 5.43. The van der Waals surface area contributed by atoms with Crippen LogP contribution in [0.4, 0.5) is 0 Å². The van der Waals surface area contributed by atoms with Crippen LogP contribution in [0.5, 0.6) is 0 Å². The van der Waals surface area contributed by atoms with Gasteiger partial charge in [-0.15, -0.1) is 11.8 Å². The number of halogens is 2. The van der Waals surface area contributed by atoms with E-state index in [4.69, 9.17) is 28.2 Å². The van der Waals surface area contributed by atoms with E-state index in [-0.39, 0.29) is 5.41 Å². The molecule has 0 spiro atoms. The number of nitrogens with zero attached hydrogens (tertiary/aromatic N) is 2. The minimum absolute atomic E-state index is 0.142. The van der Waals surface area contributed by atoms with Crippen molar-refractivity contribution < 1.29 is 0 Å². The smallest absolute Gasteiger partial charge is 0.0700 e. The average molecular weight is 413 g/mol. The molecule has 1 aliphatic rings. The highest BCUT2D eigenvalue weighted by atomic mass is 35.5. The third kappa shape index (κ3) is 6.02. The summed E-state index contributed by atoms with van der Waals surface area (Å²) in [6, 6.07) is 5.85. The highest BCUT2D eigenvalue weighted by Crippen LogP contribution is 2.35. The Bertz CT molecular complexity index is 675. The highest BCUT2D eigenvalue weighted by Gasteiger charge is 2.23. The second-order valence-electron chi connectivity index (χ2n) is 7.77. The number of aliphatic imine (C=N–C) groups is 1. The van der Waals surface area contributed by atoms with E-state index in [2.05, 4.69) is 39.6 Å². The van der Waals surface area contributed by atoms with E-state index in [1.165, 1.54) is 37.3 Å². The van der Waals surface area contributed by atoms with Crippen LogP contribution in [0.1, 0.15) is 46.1 Å². The summed E-state index contributed by atoms with van der Waals surface area (Å²) >= 11 is 14.1. The monoisotopic (exact) mass is 412 g/mol. The molecule has 0 aliphatic carbocycles. The quantitative estimate of drug-likeness (QED) is 0.396. The Balaban J connectivity index is 1.98. The molecule has 1 aromatic carbocycles. The van der Waals surface area contributed by atoms with Gasteiger partial charge in [-0.1, -0.05) is 43.1 Å². The lowest BCUT2D eigenvalue weighted by Gasteiger charge is -2.28. The van der Waals surface area contributed by atoms with Crippen molar-refractivity contribution in [2.75, 3.05) is 25.9 Å². The fraction of sp³-hybridized carbons (Fsp3) is 0.571.